The highest BCUT2D eigenvalue weighted by Gasteiger charge is 2.25. The molecule has 0 radical (unpaired) electrons. The molecule has 6 rings (SSSR count). The second-order valence-corrected chi connectivity index (χ2v) is 19.4. The minimum Gasteiger partial charge on any atom is -0.493 e. The van der Waals surface area contributed by atoms with Gasteiger partial charge in [-0.3, -0.25) is 0 Å². The molecule has 5 aromatic carbocycles. The van der Waals surface area contributed by atoms with Crippen molar-refractivity contribution in [2.24, 2.45) is 11.8 Å². The lowest BCUT2D eigenvalue weighted by Gasteiger charge is -2.23. The van der Waals surface area contributed by atoms with Gasteiger partial charge >= 0.3 is 0 Å². The molecule has 2 atom stereocenters. The summed E-state index contributed by atoms with van der Waals surface area (Å²) in [5.41, 5.74) is 6.19. The molecule has 5 heteroatoms. The van der Waals surface area contributed by atoms with Crippen molar-refractivity contribution in [3.05, 3.63) is 72.8 Å². The van der Waals surface area contributed by atoms with Crippen LogP contribution in [0.15, 0.2) is 72.8 Å². The van der Waals surface area contributed by atoms with Crippen molar-refractivity contribution in [1.82, 2.24) is 9.55 Å². The third-order valence-electron chi connectivity index (χ3n) is 14.0. The van der Waals surface area contributed by atoms with Crippen molar-refractivity contribution >= 4 is 70.0 Å². The minimum atomic E-state index is 0.569. The Hall–Kier alpha value is -3.72. The number of imidazole rings is 1. The molecule has 0 amide bonds. The summed E-state index contributed by atoms with van der Waals surface area (Å²) in [6.45, 7) is 11.1. The number of hydrogen-bond donors (Lipinski definition) is 0. The zero-order valence-electron chi connectivity index (χ0n) is 40.3. The minimum absolute atomic E-state index is 0.569. The molecule has 0 spiro atoms. The van der Waals surface area contributed by atoms with Gasteiger partial charge in [-0.15, -0.1) is 0 Å². The van der Waals surface area contributed by atoms with Gasteiger partial charge < -0.3 is 9.30 Å². The fraction of sp³-hybridized carbons (Fsp3) is 0.561. The van der Waals surface area contributed by atoms with E-state index in [4.69, 9.17) is 9.72 Å². The SMILES string of the molecule is Bc1ccc2c3ccc(B)cc3c3c(nc(-c4c(OCC(CCCCCC)CCCCCCCC)ccc5ccccc45)n3CC(CCCCCC)CCCCCCCC)c2c1. The maximum atomic E-state index is 7.23. The summed E-state index contributed by atoms with van der Waals surface area (Å²) in [4.78, 5) is 5.90. The first-order valence-electron chi connectivity index (χ1n) is 25.9. The largest absolute Gasteiger partial charge is 0.493 e. The third kappa shape index (κ3) is 12.9. The first kappa shape index (κ1) is 47.8. The van der Waals surface area contributed by atoms with E-state index in [2.05, 4.69) is 121 Å². The van der Waals surface area contributed by atoms with E-state index >= 15 is 0 Å². The molecule has 3 nitrogen and oxygen atoms in total. The Bertz CT molecular complexity index is 2260. The molecule has 2 unspecified atom stereocenters. The molecule has 332 valence electrons. The predicted molar refractivity (Wildman–Crippen MR) is 280 cm³/mol. The Morgan fingerprint density at radius 1 is 0.500 bits per heavy atom. The predicted octanol–water partition coefficient (Wildman–Crippen LogP) is 14.7. The van der Waals surface area contributed by atoms with Gasteiger partial charge in [0.2, 0.25) is 0 Å². The molecule has 0 aliphatic rings. The van der Waals surface area contributed by atoms with Gasteiger partial charge in [-0.2, -0.15) is 0 Å². The Labute approximate surface area is 379 Å². The number of fused-ring (bicyclic) bond motifs is 7. The highest BCUT2D eigenvalue weighted by atomic mass is 16.5. The quantitative estimate of drug-likeness (QED) is 0.0257. The fourth-order valence-corrected chi connectivity index (χ4v) is 10.3. The van der Waals surface area contributed by atoms with Crippen LogP contribution in [0.1, 0.15) is 182 Å². The van der Waals surface area contributed by atoms with Crippen LogP contribution in [0, 0.1) is 11.8 Å². The van der Waals surface area contributed by atoms with Gasteiger partial charge in [-0.05, 0) is 65.1 Å². The second kappa shape index (κ2) is 25.5. The lowest BCUT2D eigenvalue weighted by Crippen LogP contribution is -2.15. The summed E-state index contributed by atoms with van der Waals surface area (Å²) in [5.74, 6) is 3.24. The van der Waals surface area contributed by atoms with E-state index in [0.717, 1.165) is 30.2 Å². The first-order chi connectivity index (χ1) is 30.5. The number of aromatic nitrogens is 2. The topological polar surface area (TPSA) is 27.1 Å². The number of rotatable bonds is 30. The molecule has 6 aromatic rings. The van der Waals surface area contributed by atoms with Gasteiger partial charge in [-0.1, -0.05) is 234 Å². The Kier molecular flexibility index (Phi) is 19.7. The van der Waals surface area contributed by atoms with Gasteiger partial charge in [0.05, 0.1) is 23.2 Å². The van der Waals surface area contributed by atoms with Crippen molar-refractivity contribution in [2.45, 2.75) is 188 Å². The standard InChI is InChI=1S/C57H82B2N2O/c1-5-9-13-17-19-23-28-43(27-21-15-11-7-3)41-61-56-52-40-47(59)35-37-50(52)49-36-34-46(58)39-51(49)55(56)60-57(61)54-48-32-26-25-31-45(48)33-38-53(54)62-42-44(29-22-16-12-8-4)30-24-20-18-14-10-6-2/h25-26,31-40,43-44H,5-24,27-30,41-42,58-59H2,1-4H3. The Morgan fingerprint density at radius 2 is 1.00 bits per heavy atom. The zero-order valence-corrected chi connectivity index (χ0v) is 40.3. The van der Waals surface area contributed by atoms with Crippen molar-refractivity contribution in [3.8, 4) is 17.1 Å². The highest BCUT2D eigenvalue weighted by Crippen LogP contribution is 2.43. The Morgan fingerprint density at radius 3 is 1.60 bits per heavy atom. The summed E-state index contributed by atoms with van der Waals surface area (Å²) in [5, 5.41) is 7.71. The van der Waals surface area contributed by atoms with Crippen LogP contribution >= 0.6 is 0 Å². The number of hydrogen-bond acceptors (Lipinski definition) is 2. The van der Waals surface area contributed by atoms with Crippen LogP contribution < -0.4 is 15.7 Å². The van der Waals surface area contributed by atoms with Crippen molar-refractivity contribution < 1.29 is 4.74 Å². The molecule has 0 N–H and O–H groups in total. The van der Waals surface area contributed by atoms with Crippen LogP contribution in [0.4, 0.5) is 0 Å². The van der Waals surface area contributed by atoms with E-state index in [1.807, 2.05) is 0 Å². The monoisotopic (exact) mass is 833 g/mol. The molecule has 0 saturated heterocycles. The van der Waals surface area contributed by atoms with Crippen LogP contribution in [0.3, 0.4) is 0 Å². The smallest absolute Gasteiger partial charge is 0.145 e. The summed E-state index contributed by atoms with van der Waals surface area (Å²) in [6.07, 6.45) is 31.6. The van der Waals surface area contributed by atoms with E-state index in [9.17, 15) is 0 Å². The van der Waals surface area contributed by atoms with Crippen LogP contribution in [0.5, 0.6) is 5.75 Å². The van der Waals surface area contributed by atoms with E-state index in [0.29, 0.717) is 11.8 Å². The first-order valence-corrected chi connectivity index (χ1v) is 25.9. The number of ether oxygens (including phenoxy) is 1. The van der Waals surface area contributed by atoms with Gasteiger partial charge in [-0.25, -0.2) is 4.98 Å². The Balaban J connectivity index is 1.48. The number of benzene rings is 5. The average molecular weight is 833 g/mol. The lowest BCUT2D eigenvalue weighted by atomic mass is 9.88. The van der Waals surface area contributed by atoms with Gasteiger partial charge in [0.25, 0.3) is 0 Å². The van der Waals surface area contributed by atoms with E-state index < -0.39 is 0 Å². The summed E-state index contributed by atoms with van der Waals surface area (Å²) in [7, 11) is 4.48. The molecule has 0 saturated carbocycles. The van der Waals surface area contributed by atoms with Crippen LogP contribution in [-0.4, -0.2) is 31.9 Å². The summed E-state index contributed by atoms with van der Waals surface area (Å²) in [6, 6.07) is 27.7. The summed E-state index contributed by atoms with van der Waals surface area (Å²) < 4.78 is 9.94. The van der Waals surface area contributed by atoms with E-state index in [1.54, 1.807) is 0 Å². The van der Waals surface area contributed by atoms with Crippen LogP contribution in [0.2, 0.25) is 0 Å². The molecule has 0 bridgehead atoms. The lowest BCUT2D eigenvalue weighted by molar-refractivity contribution is 0.225. The molecular formula is C57H82B2N2O. The van der Waals surface area contributed by atoms with Crippen molar-refractivity contribution in [3.63, 3.8) is 0 Å². The highest BCUT2D eigenvalue weighted by molar-refractivity contribution is 6.37. The molecule has 1 aromatic heterocycles. The fourth-order valence-electron chi connectivity index (χ4n) is 10.3. The number of nitrogens with zero attached hydrogens (tertiary/aromatic N) is 2. The third-order valence-corrected chi connectivity index (χ3v) is 14.0. The second-order valence-electron chi connectivity index (χ2n) is 19.4. The van der Waals surface area contributed by atoms with Gasteiger partial charge in [0, 0.05) is 17.3 Å². The molecule has 0 aliphatic heterocycles. The van der Waals surface area contributed by atoms with Crippen molar-refractivity contribution in [2.75, 3.05) is 6.61 Å². The average Bonchev–Trinajstić information content (AvgIpc) is 3.66. The normalized spacial score (nSPS) is 12.9. The molecule has 0 aliphatic carbocycles. The molecule has 62 heavy (non-hydrogen) atoms. The zero-order chi connectivity index (χ0) is 43.5. The van der Waals surface area contributed by atoms with Crippen LogP contribution in [-0.2, 0) is 6.54 Å². The maximum Gasteiger partial charge on any atom is 0.145 e. The molecular weight excluding hydrogens is 750 g/mol. The maximum absolute atomic E-state index is 7.23. The molecule has 0 fully saturated rings. The van der Waals surface area contributed by atoms with Crippen LogP contribution in [0.25, 0.3) is 54.7 Å². The molecule has 1 heterocycles. The summed E-state index contributed by atoms with van der Waals surface area (Å²) >= 11 is 0. The number of unbranched alkanes of at least 4 members (excludes halogenated alkanes) is 16. The van der Waals surface area contributed by atoms with E-state index in [1.165, 1.54) is 208 Å². The van der Waals surface area contributed by atoms with Gasteiger partial charge in [0.1, 0.15) is 27.3 Å². The van der Waals surface area contributed by atoms with E-state index in [-0.39, 0.29) is 0 Å². The van der Waals surface area contributed by atoms with Crippen molar-refractivity contribution in [1.29, 1.82) is 0 Å². The van der Waals surface area contributed by atoms with Gasteiger partial charge in [0.15, 0.2) is 0 Å².